The molecule has 2 aromatic rings. The number of ether oxygens (including phenoxy) is 1. The number of halogens is 1. The fourth-order valence-corrected chi connectivity index (χ4v) is 2.28. The number of hydrogen-bond acceptors (Lipinski definition) is 4. The zero-order valence-corrected chi connectivity index (χ0v) is 14.0. The summed E-state index contributed by atoms with van der Waals surface area (Å²) in [6, 6.07) is 11.5. The van der Waals surface area contributed by atoms with Gasteiger partial charge < -0.3 is 10.1 Å². The van der Waals surface area contributed by atoms with E-state index in [9.17, 15) is 14.9 Å². The van der Waals surface area contributed by atoms with Crippen LogP contribution in [0.5, 0.6) is 5.75 Å². The molecule has 0 saturated heterocycles. The fraction of sp³-hybridized carbons (Fsp3) is 0.235. The molecule has 1 amide bonds. The lowest BCUT2D eigenvalue weighted by Gasteiger charge is -2.15. The van der Waals surface area contributed by atoms with Crippen LogP contribution in [-0.4, -0.2) is 17.4 Å². The topological polar surface area (TPSA) is 81.5 Å². The minimum Gasteiger partial charge on any atom is -0.477 e. The van der Waals surface area contributed by atoms with Gasteiger partial charge in [-0.15, -0.1) is 0 Å². The van der Waals surface area contributed by atoms with Crippen LogP contribution in [0.15, 0.2) is 42.5 Å². The standard InChI is InChI=1S/C17H17ClN2O4/c1-11-3-8-16(15(9-11)20(22)23)24-10-17(21)19-12(2)13-4-6-14(18)7-5-13/h3-9,12H,10H2,1-2H3,(H,19,21)/t12-/m0/s1. The first-order chi connectivity index (χ1) is 11.4. The van der Waals surface area contributed by atoms with E-state index >= 15 is 0 Å². The average Bonchev–Trinajstić information content (AvgIpc) is 2.54. The number of carbonyl (C=O) groups is 1. The Bertz CT molecular complexity index is 747. The number of carbonyl (C=O) groups excluding carboxylic acids is 1. The molecule has 0 heterocycles. The van der Waals surface area contributed by atoms with E-state index in [1.54, 1.807) is 25.1 Å². The Labute approximate surface area is 144 Å². The lowest BCUT2D eigenvalue weighted by Crippen LogP contribution is -2.31. The van der Waals surface area contributed by atoms with Gasteiger partial charge in [-0.2, -0.15) is 0 Å². The maximum Gasteiger partial charge on any atom is 0.311 e. The highest BCUT2D eigenvalue weighted by atomic mass is 35.5. The van der Waals surface area contributed by atoms with E-state index in [2.05, 4.69) is 5.32 Å². The van der Waals surface area contributed by atoms with Crippen molar-refractivity contribution in [3.05, 3.63) is 68.7 Å². The summed E-state index contributed by atoms with van der Waals surface area (Å²) < 4.78 is 5.30. The predicted molar refractivity (Wildman–Crippen MR) is 91.3 cm³/mol. The predicted octanol–water partition coefficient (Wildman–Crippen LogP) is 3.81. The molecule has 0 spiro atoms. The molecule has 0 radical (unpaired) electrons. The normalized spacial score (nSPS) is 11.6. The van der Waals surface area contributed by atoms with Gasteiger partial charge >= 0.3 is 5.69 Å². The summed E-state index contributed by atoms with van der Waals surface area (Å²) in [4.78, 5) is 22.5. The lowest BCUT2D eigenvalue weighted by atomic mass is 10.1. The third kappa shape index (κ3) is 4.70. The minimum absolute atomic E-state index is 0.0693. The van der Waals surface area contributed by atoms with Crippen molar-refractivity contribution in [1.82, 2.24) is 5.32 Å². The molecule has 0 fully saturated rings. The number of rotatable bonds is 6. The van der Waals surface area contributed by atoms with Crippen molar-refractivity contribution in [2.24, 2.45) is 0 Å². The van der Waals surface area contributed by atoms with E-state index in [4.69, 9.17) is 16.3 Å². The highest BCUT2D eigenvalue weighted by molar-refractivity contribution is 6.30. The summed E-state index contributed by atoms with van der Waals surface area (Å²) in [5, 5.41) is 14.4. The molecule has 6 nitrogen and oxygen atoms in total. The van der Waals surface area contributed by atoms with E-state index in [-0.39, 0.29) is 30.0 Å². The molecule has 0 bridgehead atoms. The van der Waals surface area contributed by atoms with Crippen LogP contribution < -0.4 is 10.1 Å². The number of nitro groups is 1. The number of nitrogens with zero attached hydrogens (tertiary/aromatic N) is 1. The van der Waals surface area contributed by atoms with Crippen LogP contribution in [0, 0.1) is 17.0 Å². The Morgan fingerprint density at radius 3 is 2.58 bits per heavy atom. The van der Waals surface area contributed by atoms with Gasteiger partial charge in [-0.25, -0.2) is 0 Å². The number of nitrogens with one attached hydrogen (secondary N) is 1. The zero-order valence-electron chi connectivity index (χ0n) is 13.3. The maximum absolute atomic E-state index is 12.0. The average molecular weight is 349 g/mol. The highest BCUT2D eigenvalue weighted by Crippen LogP contribution is 2.27. The molecular weight excluding hydrogens is 332 g/mol. The van der Waals surface area contributed by atoms with Gasteiger partial charge in [-0.05, 0) is 43.2 Å². The molecule has 1 N–H and O–H groups in total. The van der Waals surface area contributed by atoms with E-state index < -0.39 is 4.92 Å². The zero-order chi connectivity index (χ0) is 17.7. The van der Waals surface area contributed by atoms with Crippen LogP contribution in [-0.2, 0) is 4.79 Å². The Morgan fingerprint density at radius 1 is 1.29 bits per heavy atom. The van der Waals surface area contributed by atoms with Crippen molar-refractivity contribution in [1.29, 1.82) is 0 Å². The minimum atomic E-state index is -0.531. The molecule has 24 heavy (non-hydrogen) atoms. The van der Waals surface area contributed by atoms with Gasteiger partial charge in [-0.1, -0.05) is 29.8 Å². The maximum atomic E-state index is 12.0. The third-order valence-electron chi connectivity index (χ3n) is 3.42. The van der Waals surface area contributed by atoms with Gasteiger partial charge in [-0.3, -0.25) is 14.9 Å². The van der Waals surface area contributed by atoms with E-state index in [0.717, 1.165) is 11.1 Å². The summed E-state index contributed by atoms with van der Waals surface area (Å²) in [5.41, 5.74) is 1.48. The number of aryl methyl sites for hydroxylation is 1. The highest BCUT2D eigenvalue weighted by Gasteiger charge is 2.17. The second kappa shape index (κ2) is 7.79. The van der Waals surface area contributed by atoms with Gasteiger partial charge in [0.15, 0.2) is 12.4 Å². The summed E-state index contributed by atoms with van der Waals surface area (Å²) in [5.74, 6) is -0.299. The first kappa shape index (κ1) is 17.7. The van der Waals surface area contributed by atoms with Crippen LogP contribution in [0.4, 0.5) is 5.69 Å². The van der Waals surface area contributed by atoms with Gasteiger partial charge in [0, 0.05) is 11.1 Å². The monoisotopic (exact) mass is 348 g/mol. The summed E-state index contributed by atoms with van der Waals surface area (Å²) in [7, 11) is 0. The van der Waals surface area contributed by atoms with Crippen molar-refractivity contribution >= 4 is 23.2 Å². The number of amides is 1. The van der Waals surface area contributed by atoms with Gasteiger partial charge in [0.05, 0.1) is 11.0 Å². The molecule has 2 aromatic carbocycles. The fourth-order valence-electron chi connectivity index (χ4n) is 2.15. The van der Waals surface area contributed by atoms with Crippen LogP contribution >= 0.6 is 11.6 Å². The van der Waals surface area contributed by atoms with Crippen LogP contribution in [0.1, 0.15) is 24.1 Å². The third-order valence-corrected chi connectivity index (χ3v) is 3.67. The van der Waals surface area contributed by atoms with E-state index in [0.29, 0.717) is 5.02 Å². The second-order valence-electron chi connectivity index (χ2n) is 5.36. The van der Waals surface area contributed by atoms with E-state index in [1.165, 1.54) is 12.1 Å². The van der Waals surface area contributed by atoms with Crippen molar-refractivity contribution < 1.29 is 14.5 Å². The Morgan fingerprint density at radius 2 is 1.96 bits per heavy atom. The van der Waals surface area contributed by atoms with Crippen molar-refractivity contribution in [3.8, 4) is 5.75 Å². The Kier molecular flexibility index (Phi) is 5.76. The molecule has 1 atom stereocenters. The second-order valence-corrected chi connectivity index (χ2v) is 5.79. The first-order valence-electron chi connectivity index (χ1n) is 7.29. The molecule has 0 aromatic heterocycles. The summed E-state index contributed by atoms with van der Waals surface area (Å²) in [6.45, 7) is 3.27. The molecule has 126 valence electrons. The number of benzene rings is 2. The number of hydrogen-bond donors (Lipinski definition) is 1. The van der Waals surface area contributed by atoms with Crippen LogP contribution in [0.2, 0.25) is 5.02 Å². The van der Waals surface area contributed by atoms with Crippen LogP contribution in [0.3, 0.4) is 0 Å². The van der Waals surface area contributed by atoms with Gasteiger partial charge in [0.1, 0.15) is 0 Å². The smallest absolute Gasteiger partial charge is 0.311 e. The number of nitro benzene ring substituents is 1. The molecule has 0 aliphatic carbocycles. The molecule has 7 heteroatoms. The van der Waals surface area contributed by atoms with Crippen molar-refractivity contribution in [3.63, 3.8) is 0 Å². The van der Waals surface area contributed by atoms with Gasteiger partial charge in [0.2, 0.25) is 0 Å². The van der Waals surface area contributed by atoms with E-state index in [1.807, 2.05) is 19.1 Å². The molecule has 0 aliphatic heterocycles. The molecule has 0 aliphatic rings. The Hall–Kier alpha value is -2.60. The van der Waals surface area contributed by atoms with Crippen LogP contribution in [0.25, 0.3) is 0 Å². The first-order valence-corrected chi connectivity index (χ1v) is 7.67. The summed E-state index contributed by atoms with van der Waals surface area (Å²) in [6.07, 6.45) is 0. The summed E-state index contributed by atoms with van der Waals surface area (Å²) >= 11 is 5.83. The van der Waals surface area contributed by atoms with Crippen molar-refractivity contribution in [2.45, 2.75) is 19.9 Å². The molecular formula is C17H17ClN2O4. The molecule has 2 rings (SSSR count). The molecule has 0 unspecified atom stereocenters. The largest absolute Gasteiger partial charge is 0.477 e. The SMILES string of the molecule is Cc1ccc(OCC(=O)N[C@@H](C)c2ccc(Cl)cc2)c([N+](=O)[O-])c1. The lowest BCUT2D eigenvalue weighted by molar-refractivity contribution is -0.385. The van der Waals surface area contributed by atoms with Crippen molar-refractivity contribution in [2.75, 3.05) is 6.61 Å². The van der Waals surface area contributed by atoms with Gasteiger partial charge in [0.25, 0.3) is 5.91 Å². The molecule has 0 saturated carbocycles. The Balaban J connectivity index is 1.96. The quantitative estimate of drug-likeness (QED) is 0.635.